The van der Waals surface area contributed by atoms with Gasteiger partial charge in [0, 0.05) is 6.04 Å². The van der Waals surface area contributed by atoms with Gasteiger partial charge in [0.15, 0.2) is 0 Å². The van der Waals surface area contributed by atoms with Crippen molar-refractivity contribution in [2.75, 3.05) is 0 Å². The van der Waals surface area contributed by atoms with E-state index in [0.717, 1.165) is 17.9 Å². The summed E-state index contributed by atoms with van der Waals surface area (Å²) in [6.07, 6.45) is 7.69. The molecule has 0 aromatic heterocycles. The van der Waals surface area contributed by atoms with Gasteiger partial charge in [0.2, 0.25) is 0 Å². The largest absolute Gasteiger partial charge is 0.271 e. The summed E-state index contributed by atoms with van der Waals surface area (Å²) in [5, 5.41) is 1.22. The Kier molecular flexibility index (Phi) is 5.31. The van der Waals surface area contributed by atoms with E-state index < -0.39 is 0 Å². The van der Waals surface area contributed by atoms with E-state index in [1.165, 1.54) is 32.1 Å². The van der Waals surface area contributed by atoms with Gasteiger partial charge in [0.05, 0.1) is 10.0 Å². The second-order valence-electron chi connectivity index (χ2n) is 5.10. The van der Waals surface area contributed by atoms with E-state index in [2.05, 4.69) is 5.43 Å². The molecular formula is C14H20Cl2N2. The molecule has 0 saturated heterocycles. The highest BCUT2D eigenvalue weighted by Gasteiger charge is 2.21. The van der Waals surface area contributed by atoms with Crippen LogP contribution in [0, 0.1) is 5.92 Å². The molecule has 1 fully saturated rings. The number of hydrazine groups is 1. The lowest BCUT2D eigenvalue weighted by Gasteiger charge is -2.27. The number of nitrogens with two attached hydrogens (primary N) is 1. The predicted molar refractivity (Wildman–Crippen MR) is 77.7 cm³/mol. The quantitative estimate of drug-likeness (QED) is 0.633. The third-order valence-corrected chi connectivity index (χ3v) is 4.69. The van der Waals surface area contributed by atoms with E-state index in [1.807, 2.05) is 18.2 Å². The Morgan fingerprint density at radius 2 is 1.94 bits per heavy atom. The van der Waals surface area contributed by atoms with Gasteiger partial charge in [-0.15, -0.1) is 0 Å². The molecule has 2 rings (SSSR count). The second-order valence-corrected chi connectivity index (χ2v) is 5.89. The van der Waals surface area contributed by atoms with Crippen LogP contribution in [-0.2, 0) is 0 Å². The molecule has 0 bridgehead atoms. The van der Waals surface area contributed by atoms with Crippen molar-refractivity contribution in [2.45, 2.75) is 44.6 Å². The van der Waals surface area contributed by atoms with Gasteiger partial charge in [-0.2, -0.15) is 0 Å². The van der Waals surface area contributed by atoms with E-state index >= 15 is 0 Å². The lowest BCUT2D eigenvalue weighted by Crippen LogP contribution is -2.30. The van der Waals surface area contributed by atoms with Crippen LogP contribution >= 0.6 is 23.2 Å². The van der Waals surface area contributed by atoms with Gasteiger partial charge in [0.1, 0.15) is 0 Å². The minimum Gasteiger partial charge on any atom is -0.271 e. The lowest BCUT2D eigenvalue weighted by atomic mass is 9.83. The van der Waals surface area contributed by atoms with Crippen LogP contribution in [0.15, 0.2) is 18.2 Å². The molecule has 0 amide bonds. The Balaban J connectivity index is 2.09. The van der Waals surface area contributed by atoms with Gasteiger partial charge >= 0.3 is 0 Å². The molecular weight excluding hydrogens is 267 g/mol. The number of hydrogen-bond donors (Lipinski definition) is 2. The fourth-order valence-electron chi connectivity index (χ4n) is 2.83. The summed E-state index contributed by atoms with van der Waals surface area (Å²) in [5.41, 5.74) is 3.90. The van der Waals surface area contributed by atoms with Crippen molar-refractivity contribution in [3.8, 4) is 0 Å². The molecule has 1 unspecified atom stereocenters. The Morgan fingerprint density at radius 3 is 2.61 bits per heavy atom. The van der Waals surface area contributed by atoms with E-state index in [4.69, 9.17) is 29.0 Å². The van der Waals surface area contributed by atoms with Crippen molar-refractivity contribution < 1.29 is 0 Å². The molecule has 1 aromatic carbocycles. The fraction of sp³-hybridized carbons (Fsp3) is 0.571. The Labute approximate surface area is 119 Å². The van der Waals surface area contributed by atoms with Crippen molar-refractivity contribution in [2.24, 2.45) is 11.8 Å². The predicted octanol–water partition coefficient (Wildman–Crippen LogP) is 4.47. The van der Waals surface area contributed by atoms with Crippen molar-refractivity contribution >= 4 is 23.2 Å². The average molecular weight is 287 g/mol. The molecule has 0 aliphatic heterocycles. The molecule has 1 saturated carbocycles. The zero-order chi connectivity index (χ0) is 13.0. The lowest BCUT2D eigenvalue weighted by molar-refractivity contribution is 0.301. The van der Waals surface area contributed by atoms with Gasteiger partial charge in [-0.25, -0.2) is 0 Å². The third-order valence-electron chi connectivity index (χ3n) is 3.85. The highest BCUT2D eigenvalue weighted by atomic mass is 35.5. The Hall–Kier alpha value is -0.280. The minimum absolute atomic E-state index is 0.0966. The zero-order valence-electron chi connectivity index (χ0n) is 10.5. The van der Waals surface area contributed by atoms with Crippen LogP contribution in [0.3, 0.4) is 0 Å². The SMILES string of the molecule is NNC(CC1CCCCC1)c1cccc(Cl)c1Cl. The number of rotatable bonds is 4. The Morgan fingerprint density at radius 1 is 1.22 bits per heavy atom. The first-order valence-electron chi connectivity index (χ1n) is 6.62. The summed E-state index contributed by atoms with van der Waals surface area (Å²) in [5.74, 6) is 6.43. The normalized spacial score (nSPS) is 18.8. The second kappa shape index (κ2) is 6.76. The van der Waals surface area contributed by atoms with E-state index in [0.29, 0.717) is 10.0 Å². The summed E-state index contributed by atoms with van der Waals surface area (Å²) in [6, 6.07) is 5.83. The van der Waals surface area contributed by atoms with Crippen LogP contribution in [0.2, 0.25) is 10.0 Å². The summed E-state index contributed by atoms with van der Waals surface area (Å²) in [4.78, 5) is 0. The van der Waals surface area contributed by atoms with Crippen LogP contribution in [0.5, 0.6) is 0 Å². The van der Waals surface area contributed by atoms with Crippen molar-refractivity contribution in [3.05, 3.63) is 33.8 Å². The van der Waals surface area contributed by atoms with E-state index in [-0.39, 0.29) is 6.04 Å². The highest BCUT2D eigenvalue weighted by molar-refractivity contribution is 6.42. The van der Waals surface area contributed by atoms with E-state index in [9.17, 15) is 0 Å². The number of nitrogens with one attached hydrogen (secondary N) is 1. The van der Waals surface area contributed by atoms with Crippen molar-refractivity contribution in [1.82, 2.24) is 5.43 Å². The fourth-order valence-corrected chi connectivity index (χ4v) is 3.27. The highest BCUT2D eigenvalue weighted by Crippen LogP contribution is 2.36. The average Bonchev–Trinajstić information content (AvgIpc) is 2.41. The van der Waals surface area contributed by atoms with Crippen LogP contribution in [-0.4, -0.2) is 0 Å². The maximum Gasteiger partial charge on any atom is 0.0640 e. The number of halogens is 2. The molecule has 1 aromatic rings. The summed E-state index contributed by atoms with van der Waals surface area (Å²) < 4.78 is 0. The molecule has 1 atom stereocenters. The third kappa shape index (κ3) is 3.39. The molecule has 2 nitrogen and oxygen atoms in total. The molecule has 1 aliphatic rings. The van der Waals surface area contributed by atoms with Gasteiger partial charge in [-0.3, -0.25) is 11.3 Å². The van der Waals surface area contributed by atoms with Crippen LogP contribution in [0.4, 0.5) is 0 Å². The van der Waals surface area contributed by atoms with Crippen LogP contribution in [0.1, 0.15) is 50.1 Å². The first kappa shape index (κ1) is 14.1. The van der Waals surface area contributed by atoms with Crippen molar-refractivity contribution in [3.63, 3.8) is 0 Å². The summed E-state index contributed by atoms with van der Waals surface area (Å²) in [7, 11) is 0. The van der Waals surface area contributed by atoms with Gasteiger partial charge in [-0.1, -0.05) is 67.4 Å². The maximum absolute atomic E-state index is 6.26. The molecule has 100 valence electrons. The van der Waals surface area contributed by atoms with Crippen LogP contribution < -0.4 is 11.3 Å². The van der Waals surface area contributed by atoms with Gasteiger partial charge in [-0.05, 0) is 24.0 Å². The standard InChI is InChI=1S/C14H20Cl2N2/c15-12-8-4-7-11(14(12)16)13(18-17)9-10-5-2-1-3-6-10/h4,7-8,10,13,18H,1-3,5-6,9,17H2. The van der Waals surface area contributed by atoms with Gasteiger partial charge in [0.25, 0.3) is 0 Å². The zero-order valence-corrected chi connectivity index (χ0v) is 12.0. The maximum atomic E-state index is 6.26. The van der Waals surface area contributed by atoms with Gasteiger partial charge < -0.3 is 0 Å². The summed E-state index contributed by atoms with van der Waals surface area (Å²) in [6.45, 7) is 0. The Bertz CT molecular complexity index is 389. The summed E-state index contributed by atoms with van der Waals surface area (Å²) >= 11 is 12.3. The minimum atomic E-state index is 0.0966. The van der Waals surface area contributed by atoms with E-state index in [1.54, 1.807) is 0 Å². The number of benzene rings is 1. The smallest absolute Gasteiger partial charge is 0.0640 e. The van der Waals surface area contributed by atoms with Crippen molar-refractivity contribution in [1.29, 1.82) is 0 Å². The molecule has 4 heteroatoms. The topological polar surface area (TPSA) is 38.0 Å². The monoisotopic (exact) mass is 286 g/mol. The molecule has 3 N–H and O–H groups in total. The number of hydrogen-bond acceptors (Lipinski definition) is 2. The first-order valence-corrected chi connectivity index (χ1v) is 7.38. The molecule has 18 heavy (non-hydrogen) atoms. The molecule has 0 radical (unpaired) electrons. The molecule has 0 spiro atoms. The van der Waals surface area contributed by atoms with Crippen LogP contribution in [0.25, 0.3) is 0 Å². The molecule has 1 aliphatic carbocycles. The first-order chi connectivity index (χ1) is 8.72. The molecule has 0 heterocycles.